The SMILES string of the molecule is C=C(C(=O)[O-])C(C)OCC1CO1. The fourth-order valence-corrected chi connectivity index (χ4v) is 0.682. The molecular formula is C8H11O4-. The van der Waals surface area contributed by atoms with Gasteiger partial charge in [-0.1, -0.05) is 6.58 Å². The summed E-state index contributed by atoms with van der Waals surface area (Å²) in [5.41, 5.74) is -0.0318. The van der Waals surface area contributed by atoms with Gasteiger partial charge in [0, 0.05) is 0 Å². The molecule has 2 atom stereocenters. The molecule has 4 nitrogen and oxygen atoms in total. The zero-order chi connectivity index (χ0) is 9.14. The maximum absolute atomic E-state index is 10.3. The van der Waals surface area contributed by atoms with Crippen LogP contribution in [0.1, 0.15) is 6.92 Å². The molecule has 0 N–H and O–H groups in total. The summed E-state index contributed by atoms with van der Waals surface area (Å²) >= 11 is 0. The first-order valence-corrected chi connectivity index (χ1v) is 3.74. The monoisotopic (exact) mass is 171 g/mol. The van der Waals surface area contributed by atoms with E-state index in [4.69, 9.17) is 9.47 Å². The van der Waals surface area contributed by atoms with E-state index in [0.29, 0.717) is 13.2 Å². The molecule has 1 aliphatic rings. The van der Waals surface area contributed by atoms with E-state index in [1.807, 2.05) is 0 Å². The average molecular weight is 171 g/mol. The van der Waals surface area contributed by atoms with Crippen LogP contribution in [0.25, 0.3) is 0 Å². The first kappa shape index (κ1) is 9.22. The molecule has 1 aliphatic heterocycles. The third-order valence-electron chi connectivity index (χ3n) is 1.69. The highest BCUT2D eigenvalue weighted by Gasteiger charge is 2.23. The van der Waals surface area contributed by atoms with Gasteiger partial charge in [0.15, 0.2) is 0 Å². The molecule has 2 unspecified atom stereocenters. The summed E-state index contributed by atoms with van der Waals surface area (Å²) in [6.07, 6.45) is -0.360. The van der Waals surface area contributed by atoms with Crippen molar-refractivity contribution in [2.45, 2.75) is 19.1 Å². The lowest BCUT2D eigenvalue weighted by molar-refractivity contribution is -0.300. The second kappa shape index (κ2) is 3.69. The van der Waals surface area contributed by atoms with Gasteiger partial charge in [0.1, 0.15) is 6.10 Å². The molecule has 0 aromatic heterocycles. The van der Waals surface area contributed by atoms with Gasteiger partial charge >= 0.3 is 0 Å². The van der Waals surface area contributed by atoms with Gasteiger partial charge in [-0.25, -0.2) is 0 Å². The van der Waals surface area contributed by atoms with Crippen molar-refractivity contribution in [3.63, 3.8) is 0 Å². The Hall–Kier alpha value is -0.870. The molecule has 0 radical (unpaired) electrons. The van der Waals surface area contributed by atoms with Gasteiger partial charge in [-0.2, -0.15) is 0 Å². The minimum Gasteiger partial charge on any atom is -0.545 e. The molecule has 0 aromatic rings. The Morgan fingerprint density at radius 1 is 1.92 bits per heavy atom. The summed E-state index contributed by atoms with van der Waals surface area (Å²) in [4.78, 5) is 10.3. The van der Waals surface area contributed by atoms with E-state index >= 15 is 0 Å². The molecule has 4 heteroatoms. The number of ether oxygens (including phenoxy) is 2. The Balaban J connectivity index is 2.20. The van der Waals surface area contributed by atoms with Gasteiger partial charge in [0.2, 0.25) is 0 Å². The Labute approximate surface area is 70.8 Å². The zero-order valence-corrected chi connectivity index (χ0v) is 6.91. The normalized spacial score (nSPS) is 23.2. The van der Waals surface area contributed by atoms with Crippen LogP contribution in [0, 0.1) is 0 Å². The van der Waals surface area contributed by atoms with Crippen molar-refractivity contribution in [1.29, 1.82) is 0 Å². The minimum absolute atomic E-state index is 0.0318. The number of hydrogen-bond acceptors (Lipinski definition) is 4. The standard InChI is InChI=1S/C8H12O4/c1-5(8(9)10)6(2)11-3-7-4-12-7/h6-7H,1,3-4H2,2H3,(H,9,10)/p-1. The van der Waals surface area contributed by atoms with Crippen LogP contribution < -0.4 is 5.11 Å². The molecule has 1 saturated heterocycles. The Morgan fingerprint density at radius 3 is 2.92 bits per heavy atom. The Bertz CT molecular complexity index is 195. The molecule has 1 heterocycles. The molecule has 0 aromatic carbocycles. The van der Waals surface area contributed by atoms with E-state index in [1.165, 1.54) is 0 Å². The Kier molecular flexibility index (Phi) is 2.83. The van der Waals surface area contributed by atoms with Crippen molar-refractivity contribution in [3.05, 3.63) is 12.2 Å². The number of aliphatic carboxylic acids is 1. The van der Waals surface area contributed by atoms with Gasteiger partial charge in [0.25, 0.3) is 0 Å². The van der Waals surface area contributed by atoms with Crippen LogP contribution in [0.4, 0.5) is 0 Å². The number of rotatable bonds is 5. The van der Waals surface area contributed by atoms with E-state index in [9.17, 15) is 9.90 Å². The third-order valence-corrected chi connectivity index (χ3v) is 1.69. The number of hydrogen-bond donors (Lipinski definition) is 0. The number of carbonyl (C=O) groups is 1. The Morgan fingerprint density at radius 2 is 2.50 bits per heavy atom. The van der Waals surface area contributed by atoms with Gasteiger partial charge < -0.3 is 19.4 Å². The molecular weight excluding hydrogens is 160 g/mol. The van der Waals surface area contributed by atoms with Crippen LogP contribution in [0.15, 0.2) is 12.2 Å². The summed E-state index contributed by atoms with van der Waals surface area (Å²) < 4.78 is 10.0. The van der Waals surface area contributed by atoms with Crippen LogP contribution in [-0.4, -0.2) is 31.4 Å². The topological polar surface area (TPSA) is 61.9 Å². The van der Waals surface area contributed by atoms with Gasteiger partial charge in [-0.05, 0) is 12.5 Å². The lowest BCUT2D eigenvalue weighted by Gasteiger charge is -2.15. The third kappa shape index (κ3) is 2.64. The van der Waals surface area contributed by atoms with Gasteiger partial charge in [0.05, 0.1) is 25.3 Å². The number of carbonyl (C=O) groups excluding carboxylic acids is 1. The molecule has 0 spiro atoms. The van der Waals surface area contributed by atoms with Gasteiger partial charge in [-0.15, -0.1) is 0 Å². The lowest BCUT2D eigenvalue weighted by Crippen LogP contribution is -2.30. The first-order valence-electron chi connectivity index (χ1n) is 3.74. The highest BCUT2D eigenvalue weighted by molar-refractivity contribution is 5.84. The van der Waals surface area contributed by atoms with Crippen LogP contribution >= 0.6 is 0 Å². The summed E-state index contributed by atoms with van der Waals surface area (Å²) in [6, 6.07) is 0. The molecule has 0 amide bonds. The van der Waals surface area contributed by atoms with E-state index in [1.54, 1.807) is 6.92 Å². The number of epoxide rings is 1. The predicted octanol–water partition coefficient (Wildman–Crippen LogP) is -0.904. The second-order valence-electron chi connectivity index (χ2n) is 2.74. The fourth-order valence-electron chi connectivity index (χ4n) is 0.682. The van der Waals surface area contributed by atoms with Crippen LogP contribution in [0.2, 0.25) is 0 Å². The molecule has 0 saturated carbocycles. The molecule has 0 bridgehead atoms. The van der Waals surface area contributed by atoms with Crippen LogP contribution in [0.5, 0.6) is 0 Å². The predicted molar refractivity (Wildman–Crippen MR) is 39.3 cm³/mol. The van der Waals surface area contributed by atoms with Crippen molar-refractivity contribution >= 4 is 5.97 Å². The van der Waals surface area contributed by atoms with Crippen molar-refractivity contribution in [2.75, 3.05) is 13.2 Å². The molecule has 12 heavy (non-hydrogen) atoms. The quantitative estimate of drug-likeness (QED) is 0.397. The van der Waals surface area contributed by atoms with E-state index in [2.05, 4.69) is 6.58 Å². The van der Waals surface area contributed by atoms with Crippen molar-refractivity contribution < 1.29 is 19.4 Å². The van der Waals surface area contributed by atoms with Crippen LogP contribution in [0.3, 0.4) is 0 Å². The largest absolute Gasteiger partial charge is 0.545 e. The highest BCUT2D eigenvalue weighted by atomic mass is 16.6. The molecule has 68 valence electrons. The van der Waals surface area contributed by atoms with Crippen molar-refractivity contribution in [2.24, 2.45) is 0 Å². The summed E-state index contributed by atoms with van der Waals surface area (Å²) in [7, 11) is 0. The summed E-state index contributed by atoms with van der Waals surface area (Å²) in [5.74, 6) is -1.26. The number of carboxylic acids is 1. The number of carboxylic acid groups (broad SMARTS) is 1. The second-order valence-corrected chi connectivity index (χ2v) is 2.74. The van der Waals surface area contributed by atoms with Crippen LogP contribution in [-0.2, 0) is 14.3 Å². The minimum atomic E-state index is -1.26. The maximum Gasteiger partial charge on any atom is 0.104 e. The summed E-state index contributed by atoms with van der Waals surface area (Å²) in [6.45, 7) is 6.07. The first-order chi connectivity index (χ1) is 5.61. The smallest absolute Gasteiger partial charge is 0.104 e. The zero-order valence-electron chi connectivity index (χ0n) is 6.91. The van der Waals surface area contributed by atoms with Gasteiger partial charge in [-0.3, -0.25) is 0 Å². The molecule has 1 rings (SSSR count). The highest BCUT2D eigenvalue weighted by Crippen LogP contribution is 2.11. The average Bonchev–Trinajstić information content (AvgIpc) is 2.81. The van der Waals surface area contributed by atoms with E-state index in [-0.39, 0.29) is 11.7 Å². The fraction of sp³-hybridized carbons (Fsp3) is 0.625. The lowest BCUT2D eigenvalue weighted by atomic mass is 10.2. The van der Waals surface area contributed by atoms with Crippen molar-refractivity contribution in [1.82, 2.24) is 0 Å². The molecule has 0 aliphatic carbocycles. The molecule has 1 fully saturated rings. The maximum atomic E-state index is 10.3. The van der Waals surface area contributed by atoms with E-state index in [0.717, 1.165) is 0 Å². The van der Waals surface area contributed by atoms with Crippen molar-refractivity contribution in [3.8, 4) is 0 Å². The van der Waals surface area contributed by atoms with E-state index < -0.39 is 12.1 Å². The summed E-state index contributed by atoms with van der Waals surface area (Å²) in [5, 5.41) is 10.3.